The molecule has 0 aromatic carbocycles. The van der Waals surface area contributed by atoms with Crippen molar-refractivity contribution in [3.8, 4) is 0 Å². The smallest absolute Gasteiger partial charge is 0.222 e. The number of hydrogen-bond donors (Lipinski definition) is 3. The van der Waals surface area contributed by atoms with Crippen LogP contribution in [0.15, 0.2) is 0 Å². The molecule has 0 spiro atoms. The summed E-state index contributed by atoms with van der Waals surface area (Å²) in [5.41, 5.74) is 5.13. The lowest BCUT2D eigenvalue weighted by Gasteiger charge is -2.15. The first kappa shape index (κ1) is 16.2. The van der Waals surface area contributed by atoms with Gasteiger partial charge in [0.25, 0.3) is 0 Å². The Morgan fingerprint density at radius 1 is 1.29 bits per heavy atom. The maximum Gasteiger partial charge on any atom is 0.222 e. The highest BCUT2D eigenvalue weighted by atomic mass is 35.5. The van der Waals surface area contributed by atoms with Crippen LogP contribution in [0.4, 0.5) is 0 Å². The third kappa shape index (κ3) is 7.18. The summed E-state index contributed by atoms with van der Waals surface area (Å²) in [5, 5.41) is 11.8. The molecule has 0 bridgehead atoms. The number of nitrogens with one attached hydrogen (secondary N) is 1. The highest BCUT2D eigenvalue weighted by molar-refractivity contribution is 6.18. The molecule has 100 valence electrons. The molecule has 0 radical (unpaired) electrons. The Morgan fingerprint density at radius 2 is 1.82 bits per heavy atom. The molecular weight excluding hydrogens is 244 g/mol. The van der Waals surface area contributed by atoms with Crippen LogP contribution in [0.2, 0.25) is 0 Å². The van der Waals surface area contributed by atoms with Crippen molar-refractivity contribution in [3.63, 3.8) is 0 Å². The van der Waals surface area contributed by atoms with Gasteiger partial charge in [-0.15, -0.1) is 11.6 Å². The van der Waals surface area contributed by atoms with Crippen LogP contribution in [-0.2, 0) is 9.59 Å². The van der Waals surface area contributed by atoms with Crippen molar-refractivity contribution in [2.75, 3.05) is 12.4 Å². The van der Waals surface area contributed by atoms with Crippen molar-refractivity contribution < 1.29 is 14.7 Å². The average Bonchev–Trinajstić information content (AvgIpc) is 2.31. The predicted molar refractivity (Wildman–Crippen MR) is 66.5 cm³/mol. The Bertz CT molecular complexity index is 261. The van der Waals surface area contributed by atoms with Gasteiger partial charge in [0, 0.05) is 18.4 Å². The molecule has 0 aromatic heterocycles. The van der Waals surface area contributed by atoms with Crippen LogP contribution in [-0.4, -0.2) is 35.4 Å². The van der Waals surface area contributed by atoms with Gasteiger partial charge in [-0.05, 0) is 12.8 Å². The minimum Gasteiger partial charge on any atom is -0.390 e. The molecule has 0 aliphatic rings. The van der Waals surface area contributed by atoms with E-state index in [0.29, 0.717) is 12.8 Å². The Hall–Kier alpha value is -0.810. The number of primary amides is 1. The standard InChI is InChI=1S/C11H21ClN2O3/c1-7(10(13)16)3-4-8(2)11(17)14-6-9(15)5-12/h7-9,15H,3-6H2,1-2H3,(H2,13,16)(H,14,17). The second-order valence-electron chi connectivity index (χ2n) is 4.34. The molecule has 3 unspecified atom stereocenters. The normalized spacial score (nSPS) is 16.0. The first-order valence-corrected chi connectivity index (χ1v) is 6.23. The SMILES string of the molecule is CC(CCC(C)C(=O)NCC(O)CCl)C(N)=O. The summed E-state index contributed by atoms with van der Waals surface area (Å²) in [6, 6.07) is 0. The van der Waals surface area contributed by atoms with Crippen LogP contribution in [0.3, 0.4) is 0 Å². The van der Waals surface area contributed by atoms with Crippen LogP contribution in [0.1, 0.15) is 26.7 Å². The maximum atomic E-state index is 11.6. The van der Waals surface area contributed by atoms with E-state index in [1.165, 1.54) is 0 Å². The predicted octanol–water partition coefficient (Wildman–Crippen LogP) is 0.240. The fraction of sp³-hybridized carbons (Fsp3) is 0.818. The zero-order valence-electron chi connectivity index (χ0n) is 10.3. The van der Waals surface area contributed by atoms with Crippen molar-refractivity contribution in [1.82, 2.24) is 5.32 Å². The van der Waals surface area contributed by atoms with Crippen LogP contribution in [0.25, 0.3) is 0 Å². The van der Waals surface area contributed by atoms with Gasteiger partial charge in [0.1, 0.15) is 0 Å². The Balaban J connectivity index is 3.86. The number of carbonyl (C=O) groups excluding carboxylic acids is 2. The Labute approximate surface area is 107 Å². The molecule has 4 N–H and O–H groups in total. The van der Waals surface area contributed by atoms with Crippen LogP contribution >= 0.6 is 11.6 Å². The van der Waals surface area contributed by atoms with E-state index in [1.807, 2.05) is 0 Å². The summed E-state index contributed by atoms with van der Waals surface area (Å²) < 4.78 is 0. The van der Waals surface area contributed by atoms with Crippen molar-refractivity contribution in [1.29, 1.82) is 0 Å². The van der Waals surface area contributed by atoms with Gasteiger partial charge in [-0.25, -0.2) is 0 Å². The van der Waals surface area contributed by atoms with Gasteiger partial charge in [-0.3, -0.25) is 9.59 Å². The Kier molecular flexibility index (Phi) is 7.91. The van der Waals surface area contributed by atoms with Gasteiger partial charge < -0.3 is 16.2 Å². The highest BCUT2D eigenvalue weighted by Crippen LogP contribution is 2.12. The number of hydrogen-bond acceptors (Lipinski definition) is 3. The number of amides is 2. The van der Waals surface area contributed by atoms with Gasteiger partial charge in [0.05, 0.1) is 12.0 Å². The molecule has 6 heteroatoms. The van der Waals surface area contributed by atoms with E-state index in [-0.39, 0.29) is 36.1 Å². The number of halogens is 1. The summed E-state index contributed by atoms with van der Waals surface area (Å²) in [5.74, 6) is -0.841. The summed E-state index contributed by atoms with van der Waals surface area (Å²) in [4.78, 5) is 22.4. The largest absolute Gasteiger partial charge is 0.390 e. The molecule has 0 saturated heterocycles. The number of rotatable bonds is 8. The van der Waals surface area contributed by atoms with Crippen molar-refractivity contribution in [2.24, 2.45) is 17.6 Å². The van der Waals surface area contributed by atoms with E-state index in [2.05, 4.69) is 5.32 Å². The Morgan fingerprint density at radius 3 is 2.29 bits per heavy atom. The molecule has 17 heavy (non-hydrogen) atoms. The van der Waals surface area contributed by atoms with E-state index in [9.17, 15) is 14.7 Å². The molecule has 0 aliphatic carbocycles. The zero-order valence-corrected chi connectivity index (χ0v) is 11.0. The molecule has 3 atom stereocenters. The van der Waals surface area contributed by atoms with Crippen molar-refractivity contribution >= 4 is 23.4 Å². The molecule has 0 fully saturated rings. The lowest BCUT2D eigenvalue weighted by atomic mass is 9.97. The lowest BCUT2D eigenvalue weighted by molar-refractivity contribution is -0.126. The molecule has 0 saturated carbocycles. The molecule has 0 heterocycles. The molecule has 2 amide bonds. The second-order valence-corrected chi connectivity index (χ2v) is 4.64. The van der Waals surface area contributed by atoms with E-state index < -0.39 is 6.10 Å². The molecular formula is C11H21ClN2O3. The van der Waals surface area contributed by atoms with Crippen molar-refractivity contribution in [2.45, 2.75) is 32.8 Å². The van der Waals surface area contributed by atoms with E-state index in [0.717, 1.165) is 0 Å². The third-order valence-corrected chi connectivity index (χ3v) is 3.01. The molecule has 0 aromatic rings. The van der Waals surface area contributed by atoms with Gasteiger partial charge >= 0.3 is 0 Å². The van der Waals surface area contributed by atoms with E-state index in [1.54, 1.807) is 13.8 Å². The maximum absolute atomic E-state index is 11.6. The van der Waals surface area contributed by atoms with Gasteiger partial charge in [-0.2, -0.15) is 0 Å². The van der Waals surface area contributed by atoms with Crippen LogP contribution in [0, 0.1) is 11.8 Å². The van der Waals surface area contributed by atoms with E-state index >= 15 is 0 Å². The summed E-state index contributed by atoms with van der Waals surface area (Å²) in [6.07, 6.45) is 0.451. The minimum absolute atomic E-state index is 0.0906. The number of carbonyl (C=O) groups is 2. The second kappa shape index (κ2) is 8.31. The monoisotopic (exact) mass is 264 g/mol. The van der Waals surface area contributed by atoms with Gasteiger partial charge in [0.15, 0.2) is 0 Å². The average molecular weight is 265 g/mol. The van der Waals surface area contributed by atoms with Crippen LogP contribution in [0.5, 0.6) is 0 Å². The minimum atomic E-state index is -0.725. The van der Waals surface area contributed by atoms with E-state index in [4.69, 9.17) is 17.3 Å². The quantitative estimate of drug-likeness (QED) is 0.549. The first-order valence-electron chi connectivity index (χ1n) is 5.69. The number of alkyl halides is 1. The fourth-order valence-corrected chi connectivity index (χ4v) is 1.33. The first-order chi connectivity index (χ1) is 7.88. The summed E-state index contributed by atoms with van der Waals surface area (Å²) in [6.45, 7) is 3.67. The molecule has 0 aliphatic heterocycles. The topological polar surface area (TPSA) is 92.4 Å². The summed E-state index contributed by atoms with van der Waals surface area (Å²) in [7, 11) is 0. The van der Waals surface area contributed by atoms with Gasteiger partial charge in [-0.1, -0.05) is 13.8 Å². The molecule has 5 nitrogen and oxygen atoms in total. The zero-order chi connectivity index (χ0) is 13.4. The lowest BCUT2D eigenvalue weighted by Crippen LogP contribution is -2.36. The van der Waals surface area contributed by atoms with Crippen molar-refractivity contribution in [3.05, 3.63) is 0 Å². The van der Waals surface area contributed by atoms with Gasteiger partial charge in [0.2, 0.25) is 11.8 Å². The highest BCUT2D eigenvalue weighted by Gasteiger charge is 2.16. The fourth-order valence-electron chi connectivity index (χ4n) is 1.22. The number of nitrogens with two attached hydrogens (primary N) is 1. The summed E-state index contributed by atoms with van der Waals surface area (Å²) >= 11 is 5.40. The molecule has 0 rings (SSSR count). The number of aliphatic hydroxyl groups is 1. The third-order valence-electron chi connectivity index (χ3n) is 2.66. The van der Waals surface area contributed by atoms with Crippen LogP contribution < -0.4 is 11.1 Å². The number of aliphatic hydroxyl groups excluding tert-OH is 1.